The quantitative estimate of drug-likeness (QED) is 0.331. The number of nitrogens with one attached hydrogen (secondary N) is 1. The van der Waals surface area contributed by atoms with Crippen LogP contribution in [-0.2, 0) is 9.53 Å². The van der Waals surface area contributed by atoms with Gasteiger partial charge in [-0.1, -0.05) is 30.3 Å². The number of hydrogen-bond donors (Lipinski definition) is 1. The first-order chi connectivity index (χ1) is 16.6. The maximum absolute atomic E-state index is 12.7. The van der Waals surface area contributed by atoms with Gasteiger partial charge in [-0.3, -0.25) is 4.79 Å². The molecule has 0 unspecified atom stereocenters. The third-order valence-electron chi connectivity index (χ3n) is 4.98. The highest BCUT2D eigenvalue weighted by Crippen LogP contribution is 2.28. The van der Waals surface area contributed by atoms with Crippen molar-refractivity contribution in [1.29, 1.82) is 0 Å². The van der Waals surface area contributed by atoms with E-state index >= 15 is 0 Å². The van der Waals surface area contributed by atoms with Crippen molar-refractivity contribution < 1.29 is 23.8 Å². The minimum Gasteiger partial charge on any atom is -0.497 e. The number of ether oxygens (including phenoxy) is 3. The van der Waals surface area contributed by atoms with Crippen LogP contribution < -0.4 is 14.8 Å². The molecule has 174 valence electrons. The molecular weight excluding hydrogens is 472 g/mol. The van der Waals surface area contributed by atoms with Crippen molar-refractivity contribution in [2.75, 3.05) is 20.8 Å². The number of nitrogens with zero attached hydrogens (tertiary/aromatic N) is 1. The van der Waals surface area contributed by atoms with E-state index in [9.17, 15) is 9.59 Å². The Morgan fingerprint density at radius 3 is 2.06 bits per heavy atom. The molecular formula is C25H22N2O5S2. The fourth-order valence-electron chi connectivity index (χ4n) is 3.24. The number of aromatic nitrogens is 1. The summed E-state index contributed by atoms with van der Waals surface area (Å²) in [6.07, 6.45) is 0. The van der Waals surface area contributed by atoms with Crippen molar-refractivity contribution in [2.45, 2.75) is 6.04 Å². The molecule has 9 heteroatoms. The molecule has 4 aromatic rings. The Balaban J connectivity index is 1.43. The normalized spacial score (nSPS) is 10.7. The number of methoxy groups -OCH3 is 2. The van der Waals surface area contributed by atoms with Gasteiger partial charge in [0.25, 0.3) is 5.91 Å². The Hall–Kier alpha value is -3.69. The van der Waals surface area contributed by atoms with E-state index in [4.69, 9.17) is 14.2 Å². The van der Waals surface area contributed by atoms with E-state index in [0.717, 1.165) is 21.0 Å². The zero-order valence-corrected chi connectivity index (χ0v) is 20.2. The van der Waals surface area contributed by atoms with Crippen LogP contribution in [0.4, 0.5) is 0 Å². The highest BCUT2D eigenvalue weighted by atomic mass is 32.1. The monoisotopic (exact) mass is 494 g/mol. The molecule has 4 rings (SSSR count). The van der Waals surface area contributed by atoms with Crippen molar-refractivity contribution >= 4 is 34.6 Å². The number of esters is 1. The van der Waals surface area contributed by atoms with Crippen molar-refractivity contribution in [2.24, 2.45) is 0 Å². The van der Waals surface area contributed by atoms with E-state index in [2.05, 4.69) is 10.3 Å². The Bertz CT molecular complexity index is 1190. The molecule has 0 radical (unpaired) electrons. The fraction of sp³-hybridized carbons (Fsp3) is 0.160. The van der Waals surface area contributed by atoms with Gasteiger partial charge in [0.05, 0.1) is 25.1 Å². The largest absolute Gasteiger partial charge is 0.497 e. The molecule has 2 aromatic carbocycles. The molecule has 0 saturated carbocycles. The van der Waals surface area contributed by atoms with E-state index in [-0.39, 0.29) is 5.69 Å². The van der Waals surface area contributed by atoms with Gasteiger partial charge < -0.3 is 19.5 Å². The number of thiazole rings is 1. The number of benzene rings is 2. The summed E-state index contributed by atoms with van der Waals surface area (Å²) in [6, 6.07) is 18.2. The standard InChI is InChI=1S/C25H22N2O5S2/c1-30-18-9-5-16(6-10-18)23(17-7-11-19(31-2)12-8-17)27-22(28)14-32-25(29)20-15-34-24(26-20)21-4-3-13-33-21/h3-13,15,23H,14H2,1-2H3,(H,27,28). The lowest BCUT2D eigenvalue weighted by Gasteiger charge is -2.20. The van der Waals surface area contributed by atoms with Gasteiger partial charge in [0.2, 0.25) is 0 Å². The van der Waals surface area contributed by atoms with Gasteiger partial charge in [-0.15, -0.1) is 22.7 Å². The third kappa shape index (κ3) is 5.62. The molecule has 34 heavy (non-hydrogen) atoms. The van der Waals surface area contributed by atoms with Crippen LogP contribution in [0.15, 0.2) is 71.4 Å². The van der Waals surface area contributed by atoms with Crippen LogP contribution in [0, 0.1) is 0 Å². The maximum atomic E-state index is 12.7. The van der Waals surface area contributed by atoms with E-state index in [1.54, 1.807) is 30.9 Å². The number of carbonyl (C=O) groups excluding carboxylic acids is 2. The van der Waals surface area contributed by atoms with Crippen LogP contribution in [0.25, 0.3) is 9.88 Å². The zero-order valence-electron chi connectivity index (χ0n) is 18.5. The lowest BCUT2D eigenvalue weighted by Crippen LogP contribution is -2.33. The fourth-order valence-corrected chi connectivity index (χ4v) is 4.84. The van der Waals surface area contributed by atoms with Crippen LogP contribution in [0.1, 0.15) is 27.7 Å². The zero-order chi connectivity index (χ0) is 23.9. The SMILES string of the molecule is COc1ccc(C(NC(=O)COC(=O)c2csc(-c3cccs3)n2)c2ccc(OC)cc2)cc1. The maximum Gasteiger partial charge on any atom is 0.358 e. The minimum absolute atomic E-state index is 0.183. The first-order valence-corrected chi connectivity index (χ1v) is 12.1. The van der Waals surface area contributed by atoms with Crippen molar-refractivity contribution in [3.63, 3.8) is 0 Å². The van der Waals surface area contributed by atoms with E-state index < -0.39 is 24.5 Å². The summed E-state index contributed by atoms with van der Waals surface area (Å²) in [6.45, 7) is -0.423. The molecule has 0 bridgehead atoms. The number of carbonyl (C=O) groups is 2. The summed E-state index contributed by atoms with van der Waals surface area (Å²) in [5, 5.41) is 7.26. The van der Waals surface area contributed by atoms with Gasteiger partial charge in [0.1, 0.15) is 16.5 Å². The lowest BCUT2D eigenvalue weighted by molar-refractivity contribution is -0.124. The molecule has 7 nitrogen and oxygen atoms in total. The highest BCUT2D eigenvalue weighted by Gasteiger charge is 2.20. The number of hydrogen-bond acceptors (Lipinski definition) is 8. The van der Waals surface area contributed by atoms with Gasteiger partial charge in [-0.25, -0.2) is 9.78 Å². The topological polar surface area (TPSA) is 86.8 Å². The van der Waals surface area contributed by atoms with Gasteiger partial charge in [0, 0.05) is 5.38 Å². The molecule has 0 saturated heterocycles. The second-order valence-corrected chi connectivity index (χ2v) is 8.94. The average molecular weight is 495 g/mol. The summed E-state index contributed by atoms with van der Waals surface area (Å²) in [5.74, 6) is 0.351. The van der Waals surface area contributed by atoms with Crippen LogP contribution >= 0.6 is 22.7 Å². The Morgan fingerprint density at radius 1 is 0.912 bits per heavy atom. The number of rotatable bonds is 9. The predicted octanol–water partition coefficient (Wildman–Crippen LogP) is 4.95. The van der Waals surface area contributed by atoms with Crippen molar-refractivity contribution in [3.05, 3.63) is 88.2 Å². The summed E-state index contributed by atoms with van der Waals surface area (Å²) < 4.78 is 15.7. The summed E-state index contributed by atoms with van der Waals surface area (Å²) in [4.78, 5) is 30.4. The first-order valence-electron chi connectivity index (χ1n) is 10.3. The first kappa shape index (κ1) is 23.5. The minimum atomic E-state index is -0.639. The van der Waals surface area contributed by atoms with Crippen LogP contribution in [0.2, 0.25) is 0 Å². The molecule has 0 spiro atoms. The summed E-state index contributed by atoms with van der Waals surface area (Å²) >= 11 is 2.90. The predicted molar refractivity (Wildman–Crippen MR) is 132 cm³/mol. The highest BCUT2D eigenvalue weighted by molar-refractivity contribution is 7.20. The van der Waals surface area contributed by atoms with E-state index in [0.29, 0.717) is 11.5 Å². The molecule has 0 aliphatic rings. The van der Waals surface area contributed by atoms with Gasteiger partial charge in [-0.05, 0) is 46.8 Å². The van der Waals surface area contributed by atoms with E-state index in [1.807, 2.05) is 66.0 Å². The molecule has 0 atom stereocenters. The summed E-state index contributed by atoms with van der Waals surface area (Å²) in [7, 11) is 3.19. The molecule has 0 fully saturated rings. The number of thiophene rings is 1. The smallest absolute Gasteiger partial charge is 0.358 e. The molecule has 0 aliphatic carbocycles. The van der Waals surface area contributed by atoms with Gasteiger partial charge in [0.15, 0.2) is 12.3 Å². The molecule has 2 heterocycles. The molecule has 1 N–H and O–H groups in total. The second kappa shape index (κ2) is 11.0. The third-order valence-corrected chi connectivity index (χ3v) is 6.86. The second-order valence-electron chi connectivity index (χ2n) is 7.14. The van der Waals surface area contributed by atoms with Crippen LogP contribution in [0.5, 0.6) is 11.5 Å². The molecule has 0 aliphatic heterocycles. The molecule has 2 aromatic heterocycles. The Kier molecular flexibility index (Phi) is 7.56. The lowest BCUT2D eigenvalue weighted by atomic mass is 9.98. The Morgan fingerprint density at radius 2 is 1.53 bits per heavy atom. The van der Waals surface area contributed by atoms with Gasteiger partial charge in [-0.2, -0.15) is 0 Å². The van der Waals surface area contributed by atoms with Crippen LogP contribution in [-0.4, -0.2) is 37.7 Å². The van der Waals surface area contributed by atoms with Crippen molar-refractivity contribution in [3.8, 4) is 21.4 Å². The van der Waals surface area contributed by atoms with Crippen molar-refractivity contribution in [1.82, 2.24) is 10.3 Å². The number of amides is 1. The van der Waals surface area contributed by atoms with Crippen LogP contribution in [0.3, 0.4) is 0 Å². The molecule has 1 amide bonds. The summed E-state index contributed by atoms with van der Waals surface area (Å²) in [5.41, 5.74) is 1.89. The van der Waals surface area contributed by atoms with E-state index in [1.165, 1.54) is 11.3 Å². The van der Waals surface area contributed by atoms with Gasteiger partial charge >= 0.3 is 5.97 Å². The Labute approximate surface area is 205 Å². The average Bonchev–Trinajstić information content (AvgIpc) is 3.58.